The minimum absolute atomic E-state index is 0.0517. The molecule has 190 valence electrons. The summed E-state index contributed by atoms with van der Waals surface area (Å²) >= 11 is 0. The van der Waals surface area contributed by atoms with Crippen molar-refractivity contribution in [1.82, 2.24) is 19.8 Å². The van der Waals surface area contributed by atoms with E-state index in [1.54, 1.807) is 49.4 Å². The number of carbonyl (C=O) groups is 1. The van der Waals surface area contributed by atoms with Gasteiger partial charge in [0.2, 0.25) is 0 Å². The molecule has 0 atom stereocenters. The Balaban J connectivity index is 1.39. The Morgan fingerprint density at radius 1 is 1.08 bits per heavy atom. The summed E-state index contributed by atoms with van der Waals surface area (Å²) in [5, 5.41) is 9.80. The minimum atomic E-state index is -0.477. The molecule has 0 radical (unpaired) electrons. The number of amides is 1. The van der Waals surface area contributed by atoms with Gasteiger partial charge in [-0.05, 0) is 61.4 Å². The van der Waals surface area contributed by atoms with E-state index in [1.165, 1.54) is 0 Å². The predicted molar refractivity (Wildman–Crippen MR) is 137 cm³/mol. The van der Waals surface area contributed by atoms with Crippen LogP contribution < -0.4 is 10.4 Å². The topological polar surface area (TPSA) is 108 Å². The standard InChI is InChI=1S/C27H32N4O5/c1-3-35-14-13-30-9-11-31(12-10-30)26(33)18-36-22-6-4-5-20(16-22)23-17-24(29-27(34)28-23)21-7-8-25(32)19(2)15-21/h4-8,15-17,32H,3,9-14,18H2,1-2H3,(H,28,29,34). The minimum Gasteiger partial charge on any atom is -0.508 e. The van der Waals surface area contributed by atoms with E-state index in [4.69, 9.17) is 9.47 Å². The molecular formula is C27H32N4O5. The first-order valence-corrected chi connectivity index (χ1v) is 12.2. The van der Waals surface area contributed by atoms with E-state index < -0.39 is 5.69 Å². The number of phenolic OH excluding ortho intramolecular Hbond substituents is 1. The summed E-state index contributed by atoms with van der Waals surface area (Å²) in [6, 6.07) is 14.1. The normalized spacial score (nSPS) is 14.1. The van der Waals surface area contributed by atoms with Crippen molar-refractivity contribution in [2.45, 2.75) is 13.8 Å². The molecule has 36 heavy (non-hydrogen) atoms. The van der Waals surface area contributed by atoms with Gasteiger partial charge in [-0.2, -0.15) is 4.98 Å². The average Bonchev–Trinajstić information content (AvgIpc) is 2.89. The zero-order valence-corrected chi connectivity index (χ0v) is 20.7. The molecule has 1 aliphatic rings. The number of rotatable bonds is 9. The molecule has 1 fully saturated rings. The van der Waals surface area contributed by atoms with Crippen LogP contribution >= 0.6 is 0 Å². The number of aromatic amines is 1. The van der Waals surface area contributed by atoms with Crippen LogP contribution in [0.3, 0.4) is 0 Å². The lowest BCUT2D eigenvalue weighted by atomic mass is 10.1. The molecule has 2 N–H and O–H groups in total. The van der Waals surface area contributed by atoms with Crippen molar-refractivity contribution in [3.63, 3.8) is 0 Å². The van der Waals surface area contributed by atoms with Gasteiger partial charge in [0.25, 0.3) is 5.91 Å². The Kier molecular flexibility index (Phi) is 8.35. The highest BCUT2D eigenvalue weighted by molar-refractivity contribution is 5.78. The maximum absolute atomic E-state index is 12.7. The second kappa shape index (κ2) is 11.8. The summed E-state index contributed by atoms with van der Waals surface area (Å²) in [6.45, 7) is 9.02. The lowest BCUT2D eigenvalue weighted by molar-refractivity contribution is -0.135. The highest BCUT2D eigenvalue weighted by Crippen LogP contribution is 2.27. The molecule has 3 aromatic rings. The number of aryl methyl sites for hydroxylation is 1. The van der Waals surface area contributed by atoms with Gasteiger partial charge in [-0.15, -0.1) is 0 Å². The van der Waals surface area contributed by atoms with Crippen LogP contribution in [0.25, 0.3) is 22.5 Å². The van der Waals surface area contributed by atoms with Crippen molar-refractivity contribution in [3.05, 3.63) is 64.6 Å². The van der Waals surface area contributed by atoms with E-state index in [0.717, 1.165) is 25.2 Å². The van der Waals surface area contributed by atoms with Gasteiger partial charge < -0.3 is 24.5 Å². The third-order valence-electron chi connectivity index (χ3n) is 6.23. The van der Waals surface area contributed by atoms with Crippen molar-refractivity contribution in [3.8, 4) is 34.0 Å². The number of H-pyrrole nitrogens is 1. The average molecular weight is 493 g/mol. The van der Waals surface area contributed by atoms with Gasteiger partial charge >= 0.3 is 5.69 Å². The van der Waals surface area contributed by atoms with Gasteiger partial charge in [0.05, 0.1) is 18.0 Å². The molecule has 2 aromatic carbocycles. The first-order valence-electron chi connectivity index (χ1n) is 12.2. The molecule has 9 nitrogen and oxygen atoms in total. The first kappa shape index (κ1) is 25.4. The van der Waals surface area contributed by atoms with Gasteiger partial charge in [0, 0.05) is 44.9 Å². The summed E-state index contributed by atoms with van der Waals surface area (Å²) in [4.78, 5) is 35.9. The van der Waals surface area contributed by atoms with Crippen LogP contribution in [0.2, 0.25) is 0 Å². The van der Waals surface area contributed by atoms with Crippen molar-refractivity contribution in [2.75, 3.05) is 52.5 Å². The number of piperazine rings is 1. The summed E-state index contributed by atoms with van der Waals surface area (Å²) in [6.07, 6.45) is 0. The molecule has 0 bridgehead atoms. The quantitative estimate of drug-likeness (QED) is 0.442. The number of nitrogens with one attached hydrogen (secondary N) is 1. The van der Waals surface area contributed by atoms with Crippen molar-refractivity contribution < 1.29 is 19.4 Å². The lowest BCUT2D eigenvalue weighted by Crippen LogP contribution is -2.50. The molecule has 0 aliphatic carbocycles. The maximum atomic E-state index is 12.7. The predicted octanol–water partition coefficient (Wildman–Crippen LogP) is 2.68. The highest BCUT2D eigenvalue weighted by atomic mass is 16.5. The number of carbonyl (C=O) groups excluding carboxylic acids is 1. The number of phenols is 1. The van der Waals surface area contributed by atoms with Crippen LogP contribution in [0.4, 0.5) is 0 Å². The molecule has 0 unspecified atom stereocenters. The fourth-order valence-corrected chi connectivity index (χ4v) is 4.12. The number of ether oxygens (including phenoxy) is 2. The van der Waals surface area contributed by atoms with E-state index in [-0.39, 0.29) is 18.3 Å². The third-order valence-corrected chi connectivity index (χ3v) is 6.23. The molecular weight excluding hydrogens is 460 g/mol. The van der Waals surface area contributed by atoms with E-state index in [9.17, 15) is 14.7 Å². The summed E-state index contributed by atoms with van der Waals surface area (Å²) in [5.41, 5.74) is 2.77. The number of nitrogens with zero attached hydrogens (tertiary/aromatic N) is 3. The molecule has 1 aliphatic heterocycles. The van der Waals surface area contributed by atoms with Crippen molar-refractivity contribution in [2.24, 2.45) is 0 Å². The SMILES string of the molecule is CCOCCN1CCN(C(=O)COc2cccc(-c3cc(-c4ccc(O)c(C)c4)[nH]c(=O)n3)c2)CC1. The van der Waals surface area contributed by atoms with Crippen LogP contribution in [-0.4, -0.2) is 83.3 Å². The number of aromatic hydroxyl groups is 1. The number of hydrogen-bond acceptors (Lipinski definition) is 7. The number of hydrogen-bond donors (Lipinski definition) is 2. The van der Waals surface area contributed by atoms with Crippen molar-refractivity contribution in [1.29, 1.82) is 0 Å². The second-order valence-electron chi connectivity index (χ2n) is 8.72. The van der Waals surface area contributed by atoms with E-state index >= 15 is 0 Å². The van der Waals surface area contributed by atoms with E-state index in [0.29, 0.717) is 54.6 Å². The zero-order valence-electron chi connectivity index (χ0n) is 20.7. The highest BCUT2D eigenvalue weighted by Gasteiger charge is 2.21. The van der Waals surface area contributed by atoms with Crippen LogP contribution in [0.1, 0.15) is 12.5 Å². The fourth-order valence-electron chi connectivity index (χ4n) is 4.12. The smallest absolute Gasteiger partial charge is 0.345 e. The van der Waals surface area contributed by atoms with Crippen LogP contribution in [0, 0.1) is 6.92 Å². The second-order valence-corrected chi connectivity index (χ2v) is 8.72. The fraction of sp³-hybridized carbons (Fsp3) is 0.370. The van der Waals surface area contributed by atoms with Gasteiger partial charge in [0.1, 0.15) is 11.5 Å². The molecule has 1 aromatic heterocycles. The largest absolute Gasteiger partial charge is 0.508 e. The summed E-state index contributed by atoms with van der Waals surface area (Å²) < 4.78 is 11.2. The van der Waals surface area contributed by atoms with Gasteiger partial charge in [-0.3, -0.25) is 9.69 Å². The first-order chi connectivity index (χ1) is 17.4. The monoisotopic (exact) mass is 492 g/mol. The number of aromatic nitrogens is 2. The zero-order chi connectivity index (χ0) is 25.5. The number of benzene rings is 2. The summed E-state index contributed by atoms with van der Waals surface area (Å²) in [5.74, 6) is 0.669. The Labute approximate surface area is 210 Å². The molecule has 9 heteroatoms. The Bertz CT molecular complexity index is 1250. The molecule has 0 spiro atoms. The summed E-state index contributed by atoms with van der Waals surface area (Å²) in [7, 11) is 0. The maximum Gasteiger partial charge on any atom is 0.345 e. The lowest BCUT2D eigenvalue weighted by Gasteiger charge is -2.34. The van der Waals surface area contributed by atoms with Crippen LogP contribution in [0.15, 0.2) is 53.3 Å². The van der Waals surface area contributed by atoms with Gasteiger partial charge in [-0.1, -0.05) is 12.1 Å². The molecule has 1 saturated heterocycles. The Hall–Kier alpha value is -3.69. The van der Waals surface area contributed by atoms with E-state index in [2.05, 4.69) is 14.9 Å². The third kappa shape index (κ3) is 6.50. The Morgan fingerprint density at radius 2 is 1.89 bits per heavy atom. The molecule has 4 rings (SSSR count). The van der Waals surface area contributed by atoms with Crippen LogP contribution in [-0.2, 0) is 9.53 Å². The van der Waals surface area contributed by atoms with E-state index in [1.807, 2.05) is 17.9 Å². The van der Waals surface area contributed by atoms with Gasteiger partial charge in [-0.25, -0.2) is 4.79 Å². The van der Waals surface area contributed by atoms with Crippen molar-refractivity contribution >= 4 is 5.91 Å². The van der Waals surface area contributed by atoms with Crippen LogP contribution in [0.5, 0.6) is 11.5 Å². The van der Waals surface area contributed by atoms with Gasteiger partial charge in [0.15, 0.2) is 6.61 Å². The molecule has 2 heterocycles. The molecule has 1 amide bonds. The Morgan fingerprint density at radius 3 is 2.64 bits per heavy atom. The molecule has 0 saturated carbocycles.